The van der Waals surface area contributed by atoms with Crippen molar-refractivity contribution in [2.45, 2.75) is 31.2 Å². The van der Waals surface area contributed by atoms with Gasteiger partial charge in [-0.3, -0.25) is 0 Å². The van der Waals surface area contributed by atoms with Gasteiger partial charge in [-0.15, -0.1) is 0 Å². The Morgan fingerprint density at radius 2 is 1.92 bits per heavy atom. The number of pyridine rings is 1. The second-order valence-electron chi connectivity index (χ2n) is 5.84. The predicted molar refractivity (Wildman–Crippen MR) is 85.7 cm³/mol. The second-order valence-corrected chi connectivity index (χ2v) is 5.84. The number of alkyl halides is 3. The molecule has 0 radical (unpaired) electrons. The zero-order chi connectivity index (χ0) is 17.9. The van der Waals surface area contributed by atoms with E-state index in [2.05, 4.69) is 10.3 Å². The van der Waals surface area contributed by atoms with E-state index in [1.54, 1.807) is 0 Å². The Kier molecular flexibility index (Phi) is 4.91. The lowest BCUT2D eigenvalue weighted by Gasteiger charge is -2.31. The van der Waals surface area contributed by atoms with Crippen molar-refractivity contribution < 1.29 is 17.9 Å². The number of halogens is 3. The third kappa shape index (κ3) is 4.09. The highest BCUT2D eigenvalue weighted by Gasteiger charge is 2.33. The summed E-state index contributed by atoms with van der Waals surface area (Å²) in [5.41, 5.74) is 0.0999. The zero-order valence-corrected chi connectivity index (χ0v) is 13.3. The van der Waals surface area contributed by atoms with Crippen LogP contribution in [0.4, 0.5) is 19.0 Å². The quantitative estimate of drug-likeness (QED) is 0.899. The molecule has 4 nitrogen and oxygen atoms in total. The minimum atomic E-state index is -4.55. The van der Waals surface area contributed by atoms with Crippen LogP contribution in [0.5, 0.6) is 0 Å². The first kappa shape index (κ1) is 17.2. The fourth-order valence-electron chi connectivity index (χ4n) is 2.84. The lowest BCUT2D eigenvalue weighted by atomic mass is 9.97. The number of nitrogens with zero attached hydrogens (tertiary/aromatic N) is 2. The van der Waals surface area contributed by atoms with Crippen molar-refractivity contribution in [2.75, 3.05) is 11.9 Å². The fourth-order valence-corrected chi connectivity index (χ4v) is 2.84. The highest BCUT2D eigenvalue weighted by molar-refractivity contribution is 5.53. The smallest absolute Gasteiger partial charge is 0.373 e. The molecule has 1 aromatic heterocycles. The minimum absolute atomic E-state index is 0.0314. The van der Waals surface area contributed by atoms with Gasteiger partial charge in [0.25, 0.3) is 0 Å². The van der Waals surface area contributed by atoms with E-state index < -0.39 is 11.9 Å². The summed E-state index contributed by atoms with van der Waals surface area (Å²) in [5, 5.41) is 12.1. The number of hydrogen-bond acceptors (Lipinski definition) is 4. The van der Waals surface area contributed by atoms with E-state index >= 15 is 0 Å². The number of hydrogen-bond donors (Lipinski definition) is 1. The molecular formula is C18H16F3N3O. The molecular weight excluding hydrogens is 331 g/mol. The Morgan fingerprint density at radius 3 is 2.60 bits per heavy atom. The summed E-state index contributed by atoms with van der Waals surface area (Å²) >= 11 is 0. The highest BCUT2D eigenvalue weighted by Crippen LogP contribution is 2.32. The topological polar surface area (TPSA) is 57.9 Å². The van der Waals surface area contributed by atoms with Crippen LogP contribution in [0.1, 0.15) is 35.8 Å². The molecule has 1 aliphatic rings. The molecule has 25 heavy (non-hydrogen) atoms. The van der Waals surface area contributed by atoms with Gasteiger partial charge in [-0.2, -0.15) is 18.4 Å². The molecule has 2 heterocycles. The van der Waals surface area contributed by atoms with Gasteiger partial charge in [0.15, 0.2) is 0 Å². The summed E-state index contributed by atoms with van der Waals surface area (Å²) in [6, 6.07) is 13.4. The molecule has 2 aromatic rings. The molecule has 1 aliphatic heterocycles. The molecule has 7 heteroatoms. The van der Waals surface area contributed by atoms with E-state index in [9.17, 15) is 13.2 Å². The summed E-state index contributed by atoms with van der Waals surface area (Å²) in [5.74, 6) is -0.0314. The van der Waals surface area contributed by atoms with Crippen molar-refractivity contribution in [2.24, 2.45) is 0 Å². The molecule has 0 aliphatic carbocycles. The molecule has 2 unspecified atom stereocenters. The molecule has 0 bridgehead atoms. The summed E-state index contributed by atoms with van der Waals surface area (Å²) < 4.78 is 44.4. The van der Waals surface area contributed by atoms with Crippen molar-refractivity contribution in [1.82, 2.24) is 4.98 Å². The van der Waals surface area contributed by atoms with Crippen molar-refractivity contribution >= 4 is 5.82 Å². The van der Waals surface area contributed by atoms with Crippen LogP contribution >= 0.6 is 0 Å². The van der Waals surface area contributed by atoms with Crippen LogP contribution in [0.2, 0.25) is 0 Å². The number of rotatable bonds is 3. The van der Waals surface area contributed by atoms with Gasteiger partial charge in [0.2, 0.25) is 0 Å². The molecule has 1 fully saturated rings. The van der Waals surface area contributed by atoms with Gasteiger partial charge in [0.05, 0.1) is 11.7 Å². The van der Waals surface area contributed by atoms with Crippen LogP contribution in [0.25, 0.3) is 0 Å². The monoisotopic (exact) mass is 347 g/mol. The van der Waals surface area contributed by atoms with Crippen LogP contribution in [-0.2, 0) is 10.9 Å². The number of ether oxygens (including phenoxy) is 1. The Balaban J connectivity index is 1.78. The van der Waals surface area contributed by atoms with Gasteiger partial charge in [0, 0.05) is 12.6 Å². The lowest BCUT2D eigenvalue weighted by molar-refractivity contribution is -0.141. The van der Waals surface area contributed by atoms with Crippen LogP contribution in [0.15, 0.2) is 42.5 Å². The molecule has 130 valence electrons. The van der Waals surface area contributed by atoms with Crippen molar-refractivity contribution in [1.29, 1.82) is 5.26 Å². The molecule has 1 N–H and O–H groups in total. The van der Waals surface area contributed by atoms with Gasteiger partial charge in [-0.05, 0) is 30.5 Å². The molecule has 1 saturated heterocycles. The number of anilines is 1. The van der Waals surface area contributed by atoms with Crippen molar-refractivity contribution in [3.8, 4) is 6.07 Å². The standard InChI is InChI=1S/C18H16F3N3O/c19-18(20,21)16-7-6-13(11-22)17(24-16)23-14-8-9-25-15(10-14)12-4-2-1-3-5-12/h1-7,14-15H,8-10H2,(H,23,24). The number of aromatic nitrogens is 1. The van der Waals surface area contributed by atoms with Gasteiger partial charge < -0.3 is 10.1 Å². The lowest BCUT2D eigenvalue weighted by Crippen LogP contribution is -2.31. The van der Waals surface area contributed by atoms with Crippen LogP contribution in [-0.4, -0.2) is 17.6 Å². The average molecular weight is 347 g/mol. The van der Waals surface area contributed by atoms with E-state index in [0.29, 0.717) is 19.4 Å². The third-order valence-electron chi connectivity index (χ3n) is 4.10. The fraction of sp³-hybridized carbons (Fsp3) is 0.333. The third-order valence-corrected chi connectivity index (χ3v) is 4.10. The zero-order valence-electron chi connectivity index (χ0n) is 13.3. The SMILES string of the molecule is N#Cc1ccc(C(F)(F)F)nc1NC1CCOC(c2ccccc2)C1. The summed E-state index contributed by atoms with van der Waals surface area (Å²) in [6.07, 6.45) is -3.46. The average Bonchev–Trinajstić information content (AvgIpc) is 2.62. The maximum absolute atomic E-state index is 12.9. The van der Waals surface area contributed by atoms with Gasteiger partial charge in [-0.1, -0.05) is 30.3 Å². The first-order chi connectivity index (χ1) is 12.0. The van der Waals surface area contributed by atoms with Crippen molar-refractivity contribution in [3.63, 3.8) is 0 Å². The van der Waals surface area contributed by atoms with Crippen molar-refractivity contribution in [3.05, 3.63) is 59.3 Å². The van der Waals surface area contributed by atoms with Gasteiger partial charge in [-0.25, -0.2) is 4.98 Å². The van der Waals surface area contributed by atoms with E-state index in [1.807, 2.05) is 36.4 Å². The predicted octanol–water partition coefficient (Wildman–Crippen LogP) is 4.30. The largest absolute Gasteiger partial charge is 0.433 e. The van der Waals surface area contributed by atoms with E-state index in [1.165, 1.54) is 0 Å². The summed E-state index contributed by atoms with van der Waals surface area (Å²) in [4.78, 5) is 3.61. The number of nitriles is 1. The molecule has 2 atom stereocenters. The van der Waals surface area contributed by atoms with E-state index in [0.717, 1.165) is 17.7 Å². The van der Waals surface area contributed by atoms with Crippen LogP contribution < -0.4 is 5.32 Å². The summed E-state index contributed by atoms with van der Waals surface area (Å²) in [7, 11) is 0. The maximum atomic E-state index is 12.9. The Morgan fingerprint density at radius 1 is 1.16 bits per heavy atom. The first-order valence-electron chi connectivity index (χ1n) is 7.89. The molecule has 0 spiro atoms. The highest BCUT2D eigenvalue weighted by atomic mass is 19.4. The molecule has 0 saturated carbocycles. The number of benzene rings is 1. The van der Waals surface area contributed by atoms with Gasteiger partial charge >= 0.3 is 6.18 Å². The van der Waals surface area contributed by atoms with E-state index in [-0.39, 0.29) is 23.5 Å². The molecule has 1 aromatic carbocycles. The van der Waals surface area contributed by atoms with Crippen LogP contribution in [0, 0.1) is 11.3 Å². The molecule has 3 rings (SSSR count). The normalized spacial score (nSPS) is 20.7. The minimum Gasteiger partial charge on any atom is -0.373 e. The van der Waals surface area contributed by atoms with Crippen LogP contribution in [0.3, 0.4) is 0 Å². The maximum Gasteiger partial charge on any atom is 0.433 e. The second kappa shape index (κ2) is 7.11. The summed E-state index contributed by atoms with van der Waals surface area (Å²) in [6.45, 7) is 0.484. The Labute approximate surface area is 143 Å². The van der Waals surface area contributed by atoms with E-state index in [4.69, 9.17) is 10.00 Å². The number of nitrogens with one attached hydrogen (secondary N) is 1. The Hall–Kier alpha value is -2.59. The molecule has 0 amide bonds. The van der Waals surface area contributed by atoms with Gasteiger partial charge in [0.1, 0.15) is 17.6 Å². The Bertz CT molecular complexity index is 771. The first-order valence-corrected chi connectivity index (χ1v) is 7.89.